The summed E-state index contributed by atoms with van der Waals surface area (Å²) in [5, 5.41) is 2.23. The van der Waals surface area contributed by atoms with Crippen LogP contribution in [-0.4, -0.2) is 59.9 Å². The number of ether oxygens (including phenoxy) is 2. The molecule has 3 amide bonds. The molecule has 8 heteroatoms. The predicted octanol–water partition coefficient (Wildman–Crippen LogP) is 1.86. The maximum Gasteiger partial charge on any atom is 0.255 e. The number of rotatable bonds is 6. The molecule has 3 aliphatic heterocycles. The first-order chi connectivity index (χ1) is 18.5. The average Bonchev–Trinajstić information content (AvgIpc) is 3.23. The first-order valence-corrected chi connectivity index (χ1v) is 10.8. The fraction of sp³-hybridized carbons (Fsp3) is 0.400. The average molecular weight is 456 g/mol. The summed E-state index contributed by atoms with van der Waals surface area (Å²) in [4.78, 5) is 40.1. The van der Waals surface area contributed by atoms with E-state index in [1.54, 1.807) is 4.90 Å². The van der Waals surface area contributed by atoms with E-state index >= 15 is 0 Å². The Hall–Kier alpha value is -3.23. The van der Waals surface area contributed by atoms with E-state index in [4.69, 9.17) is 17.7 Å². The highest BCUT2D eigenvalue weighted by molar-refractivity contribution is 6.05. The molecule has 2 atom stereocenters. The van der Waals surface area contributed by atoms with Gasteiger partial charge in [-0.25, -0.2) is 0 Å². The lowest BCUT2D eigenvalue weighted by Gasteiger charge is -2.29. The molecule has 3 heterocycles. The van der Waals surface area contributed by atoms with Crippen molar-refractivity contribution in [1.82, 2.24) is 15.1 Å². The predicted molar refractivity (Wildman–Crippen MR) is 119 cm³/mol. The molecular formula is C25H27N3O5. The molecule has 2 aromatic carbocycles. The van der Waals surface area contributed by atoms with Gasteiger partial charge < -0.3 is 14.4 Å². The largest absolute Gasteiger partial charge is 0.489 e. The molecule has 172 valence electrons. The molecule has 2 saturated heterocycles. The van der Waals surface area contributed by atoms with E-state index in [1.165, 1.54) is 29.2 Å². The van der Waals surface area contributed by atoms with Gasteiger partial charge in [0.2, 0.25) is 11.8 Å². The van der Waals surface area contributed by atoms with E-state index in [-0.39, 0.29) is 48.3 Å². The van der Waals surface area contributed by atoms with Crippen molar-refractivity contribution in [1.29, 1.82) is 0 Å². The highest BCUT2D eigenvalue weighted by atomic mass is 16.5. The third kappa shape index (κ3) is 4.62. The molecule has 0 saturated carbocycles. The maximum atomic E-state index is 13.1. The van der Waals surface area contributed by atoms with E-state index < -0.39 is 48.4 Å². The molecule has 1 N–H and O–H groups in total. The second-order valence-corrected chi connectivity index (χ2v) is 8.03. The number of nitrogens with one attached hydrogen (secondary N) is 1. The van der Waals surface area contributed by atoms with Crippen molar-refractivity contribution in [3.05, 3.63) is 64.6 Å². The SMILES string of the molecule is [2H]c1cc(C([2H])N2CCOCC2)c([2H])c([2H])c1C([2H])([2H])Oc1cccc2c1CN(C1CCC(=O)NC1=O)C2=O. The monoisotopic (exact) mass is 455 g/mol. The number of piperidine rings is 1. The summed E-state index contributed by atoms with van der Waals surface area (Å²) in [5.74, 6) is -1.43. The van der Waals surface area contributed by atoms with Crippen LogP contribution in [0.4, 0.5) is 0 Å². The lowest BCUT2D eigenvalue weighted by Crippen LogP contribution is -2.52. The van der Waals surface area contributed by atoms with Gasteiger partial charge in [0.05, 0.1) is 26.6 Å². The third-order valence-electron chi connectivity index (χ3n) is 5.87. The molecule has 0 aliphatic carbocycles. The zero-order chi connectivity index (χ0) is 28.1. The van der Waals surface area contributed by atoms with Gasteiger partial charge in [-0.3, -0.25) is 24.6 Å². The Kier molecular flexibility index (Phi) is 4.40. The van der Waals surface area contributed by atoms with Crippen LogP contribution in [0.3, 0.4) is 0 Å². The molecule has 0 spiro atoms. The van der Waals surface area contributed by atoms with Crippen molar-refractivity contribution in [3.8, 4) is 5.75 Å². The van der Waals surface area contributed by atoms with Crippen molar-refractivity contribution in [2.45, 2.75) is 38.5 Å². The van der Waals surface area contributed by atoms with Crippen LogP contribution in [0.2, 0.25) is 0 Å². The van der Waals surface area contributed by atoms with Gasteiger partial charge in [-0.15, -0.1) is 0 Å². The van der Waals surface area contributed by atoms with E-state index in [2.05, 4.69) is 5.32 Å². The van der Waals surface area contributed by atoms with Crippen molar-refractivity contribution in [2.24, 2.45) is 0 Å². The molecule has 0 bridgehead atoms. The Morgan fingerprint density at radius 3 is 2.76 bits per heavy atom. The lowest BCUT2D eigenvalue weighted by atomic mass is 10.0. The van der Waals surface area contributed by atoms with Gasteiger partial charge in [0, 0.05) is 38.5 Å². The van der Waals surface area contributed by atoms with Crippen LogP contribution in [0.1, 0.15) is 48.1 Å². The fourth-order valence-electron chi connectivity index (χ4n) is 4.14. The van der Waals surface area contributed by atoms with Gasteiger partial charge in [-0.1, -0.05) is 30.3 Å². The van der Waals surface area contributed by atoms with Crippen molar-refractivity contribution in [2.75, 3.05) is 26.3 Å². The Labute approximate surface area is 200 Å². The van der Waals surface area contributed by atoms with Crippen molar-refractivity contribution < 1.29 is 32.1 Å². The number of morpholine rings is 1. The summed E-state index contributed by atoms with van der Waals surface area (Å²) in [7, 11) is 0. The van der Waals surface area contributed by atoms with Gasteiger partial charge in [0.25, 0.3) is 5.91 Å². The standard InChI is InChI=1S/C25H27N3O5/c29-23-9-8-21(24(30)26-23)28-15-20-19(25(28)31)2-1-3-22(20)33-16-18-6-4-17(5-7-18)14-27-10-12-32-13-11-27/h1-7,21H,8-16H2,(H,26,29,30)/i4D,6D,7D,14D,16D2. The lowest BCUT2D eigenvalue weighted by molar-refractivity contribution is -0.136. The normalized spacial score (nSPS) is 25.2. The molecule has 8 nitrogen and oxygen atoms in total. The first-order valence-electron chi connectivity index (χ1n) is 13.9. The van der Waals surface area contributed by atoms with Crippen LogP contribution in [0.25, 0.3) is 0 Å². The molecule has 3 aliphatic rings. The molecule has 2 aromatic rings. The molecule has 33 heavy (non-hydrogen) atoms. The summed E-state index contributed by atoms with van der Waals surface area (Å²) in [6, 6.07) is 3.58. The summed E-state index contributed by atoms with van der Waals surface area (Å²) in [6.45, 7) is -1.97. The second kappa shape index (κ2) is 9.33. The number of imide groups is 1. The Morgan fingerprint density at radius 2 is 1.94 bits per heavy atom. The van der Waals surface area contributed by atoms with Gasteiger partial charge in [0.1, 0.15) is 18.4 Å². The number of fused-ring (bicyclic) bond motifs is 1. The third-order valence-corrected chi connectivity index (χ3v) is 5.87. The smallest absolute Gasteiger partial charge is 0.255 e. The summed E-state index contributed by atoms with van der Waals surface area (Å²) < 4.78 is 62.3. The highest BCUT2D eigenvalue weighted by Gasteiger charge is 2.40. The topological polar surface area (TPSA) is 88.2 Å². The Morgan fingerprint density at radius 1 is 1.12 bits per heavy atom. The fourth-order valence-corrected chi connectivity index (χ4v) is 4.14. The quantitative estimate of drug-likeness (QED) is 0.669. The molecule has 0 aromatic heterocycles. The van der Waals surface area contributed by atoms with Gasteiger partial charge in [0.15, 0.2) is 0 Å². The van der Waals surface area contributed by atoms with Crippen LogP contribution in [0, 0.1) is 0 Å². The number of carbonyl (C=O) groups excluding carboxylic acids is 3. The van der Waals surface area contributed by atoms with Crippen LogP contribution < -0.4 is 10.1 Å². The molecular weight excluding hydrogens is 422 g/mol. The minimum Gasteiger partial charge on any atom is -0.489 e. The Balaban J connectivity index is 1.42. The minimum atomic E-state index is -2.72. The van der Waals surface area contributed by atoms with E-state index in [0.717, 1.165) is 0 Å². The summed E-state index contributed by atoms with van der Waals surface area (Å²) in [5.41, 5.74) is 0.228. The number of hydrogen-bond donors (Lipinski definition) is 1. The number of hydrogen-bond acceptors (Lipinski definition) is 6. The number of nitrogens with zero attached hydrogens (tertiary/aromatic N) is 2. The minimum absolute atomic E-state index is 0.00161. The van der Waals surface area contributed by atoms with Gasteiger partial charge >= 0.3 is 0 Å². The van der Waals surface area contributed by atoms with Crippen molar-refractivity contribution >= 4 is 17.7 Å². The summed E-state index contributed by atoms with van der Waals surface area (Å²) in [6.07, 6.45) is 0.267. The maximum absolute atomic E-state index is 13.1. The van der Waals surface area contributed by atoms with E-state index in [0.29, 0.717) is 31.9 Å². The van der Waals surface area contributed by atoms with Gasteiger partial charge in [-0.05, 0) is 29.7 Å². The van der Waals surface area contributed by atoms with Crippen LogP contribution >= 0.6 is 0 Å². The number of amides is 3. The highest BCUT2D eigenvalue weighted by Crippen LogP contribution is 2.34. The van der Waals surface area contributed by atoms with Gasteiger partial charge in [-0.2, -0.15) is 0 Å². The zero-order valence-corrected chi connectivity index (χ0v) is 17.8. The molecule has 5 rings (SSSR count). The molecule has 2 unspecified atom stereocenters. The van der Waals surface area contributed by atoms with E-state index in [1.807, 2.05) is 0 Å². The van der Waals surface area contributed by atoms with E-state index in [9.17, 15) is 14.4 Å². The zero-order valence-electron chi connectivity index (χ0n) is 23.8. The first kappa shape index (κ1) is 15.6. The van der Waals surface area contributed by atoms with Crippen LogP contribution in [0.5, 0.6) is 5.75 Å². The number of benzene rings is 2. The van der Waals surface area contributed by atoms with Crippen molar-refractivity contribution in [3.63, 3.8) is 0 Å². The second-order valence-electron chi connectivity index (χ2n) is 8.03. The summed E-state index contributed by atoms with van der Waals surface area (Å²) >= 11 is 0. The molecule has 0 radical (unpaired) electrons. The van der Waals surface area contributed by atoms with Crippen LogP contribution in [-0.2, 0) is 34.0 Å². The number of carbonyl (C=O) groups is 3. The molecule has 2 fully saturated rings. The van der Waals surface area contributed by atoms with Crippen LogP contribution in [0.15, 0.2) is 42.4 Å². The Bertz CT molecular complexity index is 1350.